The molecule has 3 rings (SSSR count). The molecule has 1 aromatic carbocycles. The van der Waals surface area contributed by atoms with E-state index < -0.39 is 0 Å². The minimum Gasteiger partial charge on any atom is -0.461 e. The molecule has 0 saturated heterocycles. The third-order valence-corrected chi connectivity index (χ3v) is 4.79. The number of hydrogen-bond acceptors (Lipinski definition) is 3. The van der Waals surface area contributed by atoms with Gasteiger partial charge in [0.15, 0.2) is 0 Å². The Morgan fingerprint density at radius 1 is 1.08 bits per heavy atom. The van der Waals surface area contributed by atoms with Crippen LogP contribution in [0.3, 0.4) is 0 Å². The molecule has 1 fully saturated rings. The number of carbonyl (C=O) groups excluding carboxylic acids is 1. The van der Waals surface area contributed by atoms with Gasteiger partial charge in [-0.05, 0) is 43.7 Å². The first kappa shape index (κ1) is 16.8. The van der Waals surface area contributed by atoms with Crippen LogP contribution >= 0.6 is 0 Å². The van der Waals surface area contributed by atoms with E-state index in [0.717, 1.165) is 42.8 Å². The molecule has 4 heteroatoms. The second-order valence-corrected chi connectivity index (χ2v) is 6.60. The summed E-state index contributed by atoms with van der Waals surface area (Å²) in [6.45, 7) is 0.267. The number of furan rings is 1. The fraction of sp³-hybridized carbons (Fsp3) is 0.450. The molecule has 1 aliphatic carbocycles. The molecule has 24 heavy (non-hydrogen) atoms. The van der Waals surface area contributed by atoms with E-state index in [1.165, 1.54) is 0 Å². The summed E-state index contributed by atoms with van der Waals surface area (Å²) >= 11 is 0. The Bertz CT molecular complexity index is 642. The smallest absolute Gasteiger partial charge is 0.220 e. The molecule has 0 aliphatic heterocycles. The zero-order chi connectivity index (χ0) is 16.8. The molecule has 1 amide bonds. The molecule has 128 valence electrons. The number of carbonyl (C=O) groups is 1. The van der Waals surface area contributed by atoms with Gasteiger partial charge in [-0.2, -0.15) is 0 Å². The van der Waals surface area contributed by atoms with Crippen molar-refractivity contribution in [2.75, 3.05) is 6.61 Å². The van der Waals surface area contributed by atoms with Gasteiger partial charge in [-0.1, -0.05) is 30.3 Å². The van der Waals surface area contributed by atoms with Crippen LogP contribution in [0.1, 0.15) is 37.9 Å². The van der Waals surface area contributed by atoms with Crippen molar-refractivity contribution in [2.24, 2.45) is 5.92 Å². The summed E-state index contributed by atoms with van der Waals surface area (Å²) in [6.07, 6.45) is 5.00. The maximum absolute atomic E-state index is 12.1. The first-order valence-corrected chi connectivity index (χ1v) is 8.79. The molecular formula is C20H25NO3. The van der Waals surface area contributed by atoms with Crippen LogP contribution in [0.25, 0.3) is 11.3 Å². The highest BCUT2D eigenvalue weighted by Crippen LogP contribution is 2.24. The first-order valence-electron chi connectivity index (χ1n) is 8.79. The second kappa shape index (κ2) is 8.15. The third kappa shape index (κ3) is 4.48. The van der Waals surface area contributed by atoms with Gasteiger partial charge < -0.3 is 14.8 Å². The Morgan fingerprint density at radius 2 is 1.83 bits per heavy atom. The highest BCUT2D eigenvalue weighted by molar-refractivity contribution is 5.76. The number of aliphatic hydroxyl groups excluding tert-OH is 1. The summed E-state index contributed by atoms with van der Waals surface area (Å²) in [4.78, 5) is 12.1. The van der Waals surface area contributed by atoms with Crippen LogP contribution in [-0.4, -0.2) is 23.7 Å². The summed E-state index contributed by atoms with van der Waals surface area (Å²) in [6, 6.07) is 14.1. The van der Waals surface area contributed by atoms with Crippen LogP contribution in [0.15, 0.2) is 46.9 Å². The lowest BCUT2D eigenvalue weighted by Gasteiger charge is -2.27. The van der Waals surface area contributed by atoms with Gasteiger partial charge in [0.05, 0.1) is 0 Å². The number of nitrogens with one attached hydrogen (secondary N) is 1. The highest BCUT2D eigenvalue weighted by atomic mass is 16.3. The predicted octanol–water partition coefficient (Wildman–Crippen LogP) is 3.55. The molecular weight excluding hydrogens is 302 g/mol. The van der Waals surface area contributed by atoms with Crippen molar-refractivity contribution in [3.63, 3.8) is 0 Å². The second-order valence-electron chi connectivity index (χ2n) is 6.60. The summed E-state index contributed by atoms with van der Waals surface area (Å²) in [7, 11) is 0. The molecule has 0 unspecified atom stereocenters. The monoisotopic (exact) mass is 327 g/mol. The average Bonchev–Trinajstić information content (AvgIpc) is 3.10. The van der Waals surface area contributed by atoms with Crippen LogP contribution in [0.4, 0.5) is 0 Å². The Kier molecular flexibility index (Phi) is 5.70. The van der Waals surface area contributed by atoms with Crippen molar-refractivity contribution in [1.29, 1.82) is 0 Å². The molecule has 1 aromatic heterocycles. The van der Waals surface area contributed by atoms with Gasteiger partial charge in [0, 0.05) is 31.1 Å². The van der Waals surface area contributed by atoms with E-state index in [0.29, 0.717) is 18.8 Å². The molecule has 0 bridgehead atoms. The van der Waals surface area contributed by atoms with Gasteiger partial charge in [-0.25, -0.2) is 0 Å². The van der Waals surface area contributed by atoms with Crippen molar-refractivity contribution < 1.29 is 14.3 Å². The Balaban J connectivity index is 1.44. The van der Waals surface area contributed by atoms with E-state index in [1.807, 2.05) is 42.5 Å². The molecule has 2 aromatic rings. The van der Waals surface area contributed by atoms with Gasteiger partial charge >= 0.3 is 0 Å². The van der Waals surface area contributed by atoms with Gasteiger partial charge in [-0.3, -0.25) is 4.79 Å². The number of benzene rings is 1. The summed E-state index contributed by atoms with van der Waals surface area (Å²) in [5.41, 5.74) is 1.05. The zero-order valence-electron chi connectivity index (χ0n) is 13.9. The van der Waals surface area contributed by atoms with Crippen molar-refractivity contribution in [3.05, 3.63) is 48.2 Å². The molecule has 0 radical (unpaired) electrons. The Hall–Kier alpha value is -2.07. The number of aryl methyl sites for hydroxylation is 1. The van der Waals surface area contributed by atoms with Crippen LogP contribution in [0.2, 0.25) is 0 Å². The van der Waals surface area contributed by atoms with E-state index in [-0.39, 0.29) is 18.6 Å². The molecule has 0 spiro atoms. The Labute approximate surface area is 142 Å². The van der Waals surface area contributed by atoms with Gasteiger partial charge in [0.25, 0.3) is 0 Å². The standard InChI is InChI=1S/C20H25NO3/c22-14-15-6-8-17(9-7-15)21-20(23)13-11-18-10-12-19(24-18)16-4-2-1-3-5-16/h1-5,10,12,15,17,22H,6-9,11,13-14H2,(H,21,23). The lowest BCUT2D eigenvalue weighted by Crippen LogP contribution is -2.38. The van der Waals surface area contributed by atoms with E-state index in [9.17, 15) is 4.79 Å². The maximum Gasteiger partial charge on any atom is 0.220 e. The van der Waals surface area contributed by atoms with E-state index in [1.54, 1.807) is 0 Å². The van der Waals surface area contributed by atoms with Crippen LogP contribution in [0, 0.1) is 5.92 Å². The number of amides is 1. The van der Waals surface area contributed by atoms with Gasteiger partial charge in [-0.15, -0.1) is 0 Å². The molecule has 1 heterocycles. The molecule has 0 atom stereocenters. The minimum absolute atomic E-state index is 0.0834. The zero-order valence-corrected chi connectivity index (χ0v) is 13.9. The molecule has 2 N–H and O–H groups in total. The van der Waals surface area contributed by atoms with Crippen LogP contribution in [-0.2, 0) is 11.2 Å². The number of rotatable bonds is 6. The van der Waals surface area contributed by atoms with Crippen molar-refractivity contribution >= 4 is 5.91 Å². The van der Waals surface area contributed by atoms with E-state index in [2.05, 4.69) is 5.32 Å². The lowest BCUT2D eigenvalue weighted by atomic mass is 9.86. The normalized spacial score (nSPS) is 20.7. The summed E-state index contributed by atoms with van der Waals surface area (Å²) in [5.74, 6) is 2.18. The van der Waals surface area contributed by atoms with E-state index >= 15 is 0 Å². The lowest BCUT2D eigenvalue weighted by molar-refractivity contribution is -0.122. The summed E-state index contributed by atoms with van der Waals surface area (Å²) < 4.78 is 5.83. The SMILES string of the molecule is O=C(CCc1ccc(-c2ccccc2)o1)NC1CCC(CO)CC1. The minimum atomic E-state index is 0.0834. The van der Waals surface area contributed by atoms with Crippen molar-refractivity contribution in [2.45, 2.75) is 44.6 Å². The van der Waals surface area contributed by atoms with Gasteiger partial charge in [0.1, 0.15) is 11.5 Å². The average molecular weight is 327 g/mol. The van der Waals surface area contributed by atoms with Crippen LogP contribution < -0.4 is 5.32 Å². The summed E-state index contributed by atoms with van der Waals surface area (Å²) in [5, 5.41) is 12.3. The van der Waals surface area contributed by atoms with Crippen molar-refractivity contribution in [3.8, 4) is 11.3 Å². The number of aliphatic hydroxyl groups is 1. The number of hydrogen-bond donors (Lipinski definition) is 2. The molecule has 1 saturated carbocycles. The van der Waals surface area contributed by atoms with Crippen molar-refractivity contribution in [1.82, 2.24) is 5.32 Å². The predicted molar refractivity (Wildman–Crippen MR) is 93.4 cm³/mol. The molecule has 4 nitrogen and oxygen atoms in total. The topological polar surface area (TPSA) is 62.5 Å². The van der Waals surface area contributed by atoms with E-state index in [4.69, 9.17) is 9.52 Å². The fourth-order valence-electron chi connectivity index (χ4n) is 3.30. The highest BCUT2D eigenvalue weighted by Gasteiger charge is 2.21. The largest absolute Gasteiger partial charge is 0.461 e. The van der Waals surface area contributed by atoms with Crippen LogP contribution in [0.5, 0.6) is 0 Å². The molecule has 1 aliphatic rings. The van der Waals surface area contributed by atoms with Gasteiger partial charge in [0.2, 0.25) is 5.91 Å². The first-order chi connectivity index (χ1) is 11.7. The third-order valence-electron chi connectivity index (χ3n) is 4.79. The Morgan fingerprint density at radius 3 is 2.54 bits per heavy atom. The quantitative estimate of drug-likeness (QED) is 0.853. The fourth-order valence-corrected chi connectivity index (χ4v) is 3.30. The maximum atomic E-state index is 12.1.